The summed E-state index contributed by atoms with van der Waals surface area (Å²) in [5, 5.41) is 3.56. The van der Waals surface area contributed by atoms with E-state index in [1.807, 2.05) is 20.8 Å². The molecule has 2 bridgehead atoms. The van der Waals surface area contributed by atoms with Crippen LogP contribution in [0.2, 0.25) is 0 Å². The molecule has 0 aromatic heterocycles. The maximum atomic E-state index is 14.1. The zero-order valence-corrected chi connectivity index (χ0v) is 9.52. The van der Waals surface area contributed by atoms with Gasteiger partial charge in [0.15, 0.2) is 0 Å². The molecule has 2 aliphatic heterocycles. The van der Waals surface area contributed by atoms with Crippen LogP contribution in [0.15, 0.2) is 0 Å². The first-order valence-electron chi connectivity index (χ1n) is 5.87. The number of hydrogen-bond donors (Lipinski definition) is 1. The van der Waals surface area contributed by atoms with Crippen LogP contribution < -0.4 is 5.32 Å². The Morgan fingerprint density at radius 1 is 1.14 bits per heavy atom. The molecule has 0 aromatic carbocycles. The van der Waals surface area contributed by atoms with Gasteiger partial charge in [0, 0.05) is 12.1 Å². The molecule has 0 saturated carbocycles. The molecule has 3 atom stereocenters. The molecule has 2 saturated heterocycles. The first kappa shape index (κ1) is 10.4. The molecular weight excluding hydrogens is 177 g/mol. The van der Waals surface area contributed by atoms with E-state index in [1.165, 1.54) is 12.8 Å². The van der Waals surface area contributed by atoms with Gasteiger partial charge in [0.1, 0.15) is 6.17 Å². The Balaban J connectivity index is 1.99. The number of nitrogens with one attached hydrogen (secondary N) is 1. The van der Waals surface area contributed by atoms with Crippen LogP contribution in [-0.2, 0) is 0 Å². The van der Waals surface area contributed by atoms with Crippen molar-refractivity contribution in [2.75, 3.05) is 0 Å². The molecule has 0 amide bonds. The third-order valence-electron chi connectivity index (χ3n) is 3.75. The minimum Gasteiger partial charge on any atom is -0.311 e. The molecule has 0 radical (unpaired) electrons. The van der Waals surface area contributed by atoms with E-state index >= 15 is 0 Å². The molecule has 2 aliphatic rings. The van der Waals surface area contributed by atoms with E-state index in [9.17, 15) is 4.39 Å². The van der Waals surface area contributed by atoms with Crippen LogP contribution in [-0.4, -0.2) is 18.3 Å². The maximum Gasteiger partial charge on any atom is 0.108 e. The summed E-state index contributed by atoms with van der Waals surface area (Å²) in [5.74, 6) is 0.300. The second kappa shape index (κ2) is 3.48. The second-order valence-electron chi connectivity index (χ2n) is 6.14. The number of hydrogen-bond acceptors (Lipinski definition) is 1. The fourth-order valence-electron chi connectivity index (χ4n) is 3.05. The summed E-state index contributed by atoms with van der Waals surface area (Å²) in [6, 6.07) is 1.22. The van der Waals surface area contributed by atoms with Gasteiger partial charge in [-0.2, -0.15) is 0 Å². The molecule has 2 rings (SSSR count). The maximum absolute atomic E-state index is 14.1. The van der Waals surface area contributed by atoms with E-state index in [0.29, 0.717) is 18.0 Å². The molecule has 2 heterocycles. The highest BCUT2D eigenvalue weighted by atomic mass is 19.1. The van der Waals surface area contributed by atoms with Gasteiger partial charge in [0.05, 0.1) is 0 Å². The Hall–Kier alpha value is -0.110. The van der Waals surface area contributed by atoms with Gasteiger partial charge < -0.3 is 5.32 Å². The highest BCUT2D eigenvalue weighted by Crippen LogP contribution is 2.39. The summed E-state index contributed by atoms with van der Waals surface area (Å²) in [6.07, 6.45) is 3.99. The van der Waals surface area contributed by atoms with Crippen LogP contribution in [0.25, 0.3) is 0 Å². The van der Waals surface area contributed by atoms with Gasteiger partial charge in [0.2, 0.25) is 0 Å². The van der Waals surface area contributed by atoms with Crippen molar-refractivity contribution in [2.45, 2.75) is 64.7 Å². The monoisotopic (exact) mass is 199 g/mol. The number of halogens is 1. The summed E-state index contributed by atoms with van der Waals surface area (Å²) in [4.78, 5) is 0. The van der Waals surface area contributed by atoms with Crippen LogP contribution in [0.1, 0.15) is 46.5 Å². The largest absolute Gasteiger partial charge is 0.311 e. The predicted molar refractivity (Wildman–Crippen MR) is 57.0 cm³/mol. The Morgan fingerprint density at radius 3 is 2.07 bits per heavy atom. The molecule has 14 heavy (non-hydrogen) atoms. The molecule has 0 aliphatic carbocycles. The fourth-order valence-corrected chi connectivity index (χ4v) is 3.05. The van der Waals surface area contributed by atoms with E-state index in [0.717, 1.165) is 12.8 Å². The van der Waals surface area contributed by atoms with Crippen LogP contribution in [0, 0.1) is 11.3 Å². The van der Waals surface area contributed by atoms with Gasteiger partial charge >= 0.3 is 0 Å². The standard InChI is InChI=1S/C12H22FN/c1-12(2,3)11(13)8-6-9-4-5-10(7-8)14-9/h8-11,14H,4-7H2,1-3H3. The van der Waals surface area contributed by atoms with E-state index in [2.05, 4.69) is 5.32 Å². The minimum absolute atomic E-state index is 0.179. The lowest BCUT2D eigenvalue weighted by molar-refractivity contribution is 0.0675. The molecule has 2 heteroatoms. The Morgan fingerprint density at radius 2 is 1.64 bits per heavy atom. The van der Waals surface area contributed by atoms with Gasteiger partial charge in [-0.15, -0.1) is 0 Å². The van der Waals surface area contributed by atoms with Crippen molar-refractivity contribution < 1.29 is 4.39 Å². The lowest BCUT2D eigenvalue weighted by Crippen LogP contribution is -2.43. The number of fused-ring (bicyclic) bond motifs is 2. The zero-order valence-electron chi connectivity index (χ0n) is 9.52. The Labute approximate surface area is 86.5 Å². The summed E-state index contributed by atoms with van der Waals surface area (Å²) in [7, 11) is 0. The normalized spacial score (nSPS) is 39.9. The van der Waals surface area contributed by atoms with Gasteiger partial charge in [-0.05, 0) is 37.0 Å². The van der Waals surface area contributed by atoms with Gasteiger partial charge in [-0.25, -0.2) is 4.39 Å². The molecule has 0 spiro atoms. The predicted octanol–water partition coefficient (Wildman–Crippen LogP) is 2.90. The lowest BCUT2D eigenvalue weighted by atomic mass is 9.77. The number of alkyl halides is 1. The highest BCUT2D eigenvalue weighted by Gasteiger charge is 2.40. The Bertz CT molecular complexity index is 197. The molecule has 1 nitrogen and oxygen atoms in total. The topological polar surface area (TPSA) is 12.0 Å². The van der Waals surface area contributed by atoms with Crippen molar-refractivity contribution in [3.63, 3.8) is 0 Å². The quantitative estimate of drug-likeness (QED) is 0.684. The minimum atomic E-state index is -0.632. The first-order chi connectivity index (χ1) is 6.47. The van der Waals surface area contributed by atoms with Crippen LogP contribution in [0.4, 0.5) is 4.39 Å². The first-order valence-corrected chi connectivity index (χ1v) is 5.87. The number of rotatable bonds is 1. The molecule has 82 valence electrons. The average Bonchev–Trinajstić information content (AvgIpc) is 2.42. The van der Waals surface area contributed by atoms with Crippen LogP contribution >= 0.6 is 0 Å². The second-order valence-corrected chi connectivity index (χ2v) is 6.14. The van der Waals surface area contributed by atoms with Gasteiger partial charge in [-0.1, -0.05) is 20.8 Å². The van der Waals surface area contributed by atoms with Crippen LogP contribution in [0.5, 0.6) is 0 Å². The summed E-state index contributed by atoms with van der Waals surface area (Å²) in [6.45, 7) is 6.05. The lowest BCUT2D eigenvalue weighted by Gasteiger charge is -2.36. The van der Waals surface area contributed by atoms with Crippen molar-refractivity contribution in [2.24, 2.45) is 11.3 Å². The van der Waals surface area contributed by atoms with E-state index in [-0.39, 0.29) is 5.41 Å². The van der Waals surface area contributed by atoms with Gasteiger partial charge in [-0.3, -0.25) is 0 Å². The summed E-state index contributed by atoms with van der Waals surface area (Å²) < 4.78 is 14.1. The summed E-state index contributed by atoms with van der Waals surface area (Å²) in [5.41, 5.74) is -0.179. The molecule has 3 unspecified atom stereocenters. The zero-order chi connectivity index (χ0) is 10.3. The fraction of sp³-hybridized carbons (Fsp3) is 1.00. The van der Waals surface area contributed by atoms with Crippen molar-refractivity contribution in [3.05, 3.63) is 0 Å². The van der Waals surface area contributed by atoms with E-state index < -0.39 is 6.17 Å². The molecular formula is C12H22FN. The van der Waals surface area contributed by atoms with Crippen LogP contribution in [0.3, 0.4) is 0 Å². The Kier molecular flexibility index (Phi) is 2.59. The third-order valence-corrected chi connectivity index (χ3v) is 3.75. The molecule has 2 fully saturated rings. The van der Waals surface area contributed by atoms with Crippen molar-refractivity contribution in [1.82, 2.24) is 5.32 Å². The van der Waals surface area contributed by atoms with Crippen molar-refractivity contribution >= 4 is 0 Å². The summed E-state index contributed by atoms with van der Waals surface area (Å²) >= 11 is 0. The smallest absolute Gasteiger partial charge is 0.108 e. The molecule has 0 aromatic rings. The number of piperidine rings is 1. The average molecular weight is 199 g/mol. The van der Waals surface area contributed by atoms with Crippen molar-refractivity contribution in [1.29, 1.82) is 0 Å². The third kappa shape index (κ3) is 1.95. The van der Waals surface area contributed by atoms with E-state index in [4.69, 9.17) is 0 Å². The SMILES string of the molecule is CC(C)(C)C(F)C1CC2CCC(C1)N2. The highest BCUT2D eigenvalue weighted by molar-refractivity contribution is 4.96. The molecule has 1 N–H and O–H groups in total. The van der Waals surface area contributed by atoms with Crippen molar-refractivity contribution in [3.8, 4) is 0 Å². The van der Waals surface area contributed by atoms with Gasteiger partial charge in [0.25, 0.3) is 0 Å². The van der Waals surface area contributed by atoms with E-state index in [1.54, 1.807) is 0 Å².